The lowest BCUT2D eigenvalue weighted by molar-refractivity contribution is 0.000839. The van der Waals surface area contributed by atoms with E-state index < -0.39 is 0 Å². The van der Waals surface area contributed by atoms with E-state index in [1.807, 2.05) is 29.2 Å². The zero-order valence-corrected chi connectivity index (χ0v) is 11.5. The minimum absolute atomic E-state index is 0.00318. The average Bonchev–Trinajstić information content (AvgIpc) is 2.47. The van der Waals surface area contributed by atoms with Crippen molar-refractivity contribution in [1.29, 1.82) is 0 Å². The maximum Gasteiger partial charge on any atom is 0.254 e. The zero-order valence-electron chi connectivity index (χ0n) is 11.5. The van der Waals surface area contributed by atoms with Crippen molar-refractivity contribution in [1.82, 2.24) is 4.90 Å². The zero-order chi connectivity index (χ0) is 13.7. The van der Waals surface area contributed by atoms with Crippen molar-refractivity contribution < 1.29 is 9.53 Å². The van der Waals surface area contributed by atoms with Crippen LogP contribution < -0.4 is 5.73 Å². The predicted octanol–water partition coefficient (Wildman–Crippen LogP) is 1.44. The van der Waals surface area contributed by atoms with E-state index in [0.29, 0.717) is 26.3 Å². The Morgan fingerprint density at radius 3 is 2.79 bits per heavy atom. The largest absolute Gasteiger partial charge is 0.377 e. The number of carbonyl (C=O) groups is 1. The van der Waals surface area contributed by atoms with Crippen LogP contribution in [0.2, 0.25) is 0 Å². The molecule has 4 nitrogen and oxygen atoms in total. The monoisotopic (exact) mass is 262 g/mol. The molecule has 0 bridgehead atoms. The summed E-state index contributed by atoms with van der Waals surface area (Å²) < 4.78 is 5.37. The molecule has 2 rings (SSSR count). The molecule has 1 aliphatic rings. The first-order valence-electron chi connectivity index (χ1n) is 6.94. The molecule has 1 fully saturated rings. The minimum Gasteiger partial charge on any atom is -0.377 e. The first-order chi connectivity index (χ1) is 9.26. The van der Waals surface area contributed by atoms with Crippen molar-refractivity contribution in [3.63, 3.8) is 0 Å². The van der Waals surface area contributed by atoms with Crippen LogP contribution in [0.5, 0.6) is 0 Å². The maximum atomic E-state index is 12.5. The first kappa shape index (κ1) is 14.0. The molecule has 0 aromatic heterocycles. The summed E-state index contributed by atoms with van der Waals surface area (Å²) in [5.74, 6) is 0.0572. The van der Waals surface area contributed by atoms with Crippen molar-refractivity contribution in [2.75, 3.05) is 26.3 Å². The van der Waals surface area contributed by atoms with Gasteiger partial charge in [0, 0.05) is 18.7 Å². The summed E-state index contributed by atoms with van der Waals surface area (Å²) in [4.78, 5) is 14.3. The van der Waals surface area contributed by atoms with Gasteiger partial charge in [0.25, 0.3) is 5.91 Å². The van der Waals surface area contributed by atoms with Gasteiger partial charge in [-0.15, -0.1) is 0 Å². The molecular formula is C15H22N2O2. The quantitative estimate of drug-likeness (QED) is 0.893. The number of ether oxygens (including phenoxy) is 1. The third-order valence-electron chi connectivity index (χ3n) is 3.50. The van der Waals surface area contributed by atoms with Crippen LogP contribution in [0.1, 0.15) is 29.3 Å². The summed E-state index contributed by atoms with van der Waals surface area (Å²) in [6.45, 7) is 4.35. The normalized spacial score (nSPS) is 19.5. The van der Waals surface area contributed by atoms with E-state index in [4.69, 9.17) is 10.5 Å². The van der Waals surface area contributed by atoms with E-state index in [1.165, 1.54) is 5.56 Å². The van der Waals surface area contributed by atoms with Crippen LogP contribution in [0.3, 0.4) is 0 Å². The van der Waals surface area contributed by atoms with E-state index in [1.54, 1.807) is 0 Å². The summed E-state index contributed by atoms with van der Waals surface area (Å²) in [6, 6.07) is 7.90. The first-order valence-corrected chi connectivity index (χ1v) is 6.94. The molecule has 0 aliphatic carbocycles. The highest BCUT2D eigenvalue weighted by molar-refractivity contribution is 5.94. The Labute approximate surface area is 114 Å². The van der Waals surface area contributed by atoms with Crippen molar-refractivity contribution in [2.45, 2.75) is 25.8 Å². The Hall–Kier alpha value is -1.39. The van der Waals surface area contributed by atoms with Crippen LogP contribution in [0.4, 0.5) is 0 Å². The number of aryl methyl sites for hydroxylation is 1. The standard InChI is InChI=1S/C15H22N2O2/c1-2-3-12-4-6-13(7-5-12)15(18)17-8-9-19-11-14(17)10-16/h4-7,14H,2-3,8-11,16H2,1H3. The molecule has 1 atom stereocenters. The van der Waals surface area contributed by atoms with Crippen molar-refractivity contribution in [2.24, 2.45) is 5.73 Å². The second kappa shape index (κ2) is 6.68. The number of carbonyl (C=O) groups excluding carboxylic acids is 1. The van der Waals surface area contributed by atoms with Crippen LogP contribution in [0.25, 0.3) is 0 Å². The third kappa shape index (κ3) is 3.33. The Kier molecular flexibility index (Phi) is 4.93. The van der Waals surface area contributed by atoms with Crippen LogP contribution >= 0.6 is 0 Å². The molecule has 104 valence electrons. The number of morpholine rings is 1. The molecule has 4 heteroatoms. The third-order valence-corrected chi connectivity index (χ3v) is 3.50. The Balaban J connectivity index is 2.09. The molecule has 1 aliphatic heterocycles. The molecule has 1 saturated heterocycles. The molecule has 1 amide bonds. The van der Waals surface area contributed by atoms with Gasteiger partial charge >= 0.3 is 0 Å². The molecule has 1 aromatic rings. The number of hydrogen-bond donors (Lipinski definition) is 1. The second-order valence-corrected chi connectivity index (χ2v) is 4.91. The van der Waals surface area contributed by atoms with Gasteiger partial charge in [-0.1, -0.05) is 25.5 Å². The predicted molar refractivity (Wildman–Crippen MR) is 75.1 cm³/mol. The Bertz CT molecular complexity index is 417. The molecule has 1 heterocycles. The van der Waals surface area contributed by atoms with Gasteiger partial charge in [-0.2, -0.15) is 0 Å². The lowest BCUT2D eigenvalue weighted by atomic mass is 10.1. The van der Waals surface area contributed by atoms with Gasteiger partial charge in [-0.3, -0.25) is 4.79 Å². The fourth-order valence-electron chi connectivity index (χ4n) is 2.39. The molecule has 0 spiro atoms. The van der Waals surface area contributed by atoms with Crippen LogP contribution in [-0.2, 0) is 11.2 Å². The van der Waals surface area contributed by atoms with Crippen molar-refractivity contribution in [3.8, 4) is 0 Å². The van der Waals surface area contributed by atoms with Gasteiger partial charge in [0.05, 0.1) is 19.3 Å². The molecule has 1 aromatic carbocycles. The van der Waals surface area contributed by atoms with Gasteiger partial charge in [-0.05, 0) is 24.1 Å². The van der Waals surface area contributed by atoms with E-state index in [0.717, 1.165) is 18.4 Å². The van der Waals surface area contributed by atoms with Crippen LogP contribution in [0.15, 0.2) is 24.3 Å². The summed E-state index contributed by atoms with van der Waals surface area (Å²) in [6.07, 6.45) is 2.17. The van der Waals surface area contributed by atoms with Gasteiger partial charge < -0.3 is 15.4 Å². The van der Waals surface area contributed by atoms with Gasteiger partial charge in [0.15, 0.2) is 0 Å². The fourth-order valence-corrected chi connectivity index (χ4v) is 2.39. The molecule has 0 saturated carbocycles. The SMILES string of the molecule is CCCc1ccc(C(=O)N2CCOCC2CN)cc1. The van der Waals surface area contributed by atoms with E-state index >= 15 is 0 Å². The highest BCUT2D eigenvalue weighted by Crippen LogP contribution is 2.13. The lowest BCUT2D eigenvalue weighted by Gasteiger charge is -2.35. The minimum atomic E-state index is -0.00318. The summed E-state index contributed by atoms with van der Waals surface area (Å²) in [7, 11) is 0. The van der Waals surface area contributed by atoms with E-state index in [2.05, 4.69) is 6.92 Å². The van der Waals surface area contributed by atoms with Gasteiger partial charge in [-0.25, -0.2) is 0 Å². The number of nitrogens with two attached hydrogens (primary N) is 1. The molecule has 2 N–H and O–H groups in total. The van der Waals surface area contributed by atoms with E-state index in [-0.39, 0.29) is 11.9 Å². The van der Waals surface area contributed by atoms with Gasteiger partial charge in [0.2, 0.25) is 0 Å². The lowest BCUT2D eigenvalue weighted by Crippen LogP contribution is -2.52. The molecule has 1 unspecified atom stereocenters. The smallest absolute Gasteiger partial charge is 0.254 e. The Morgan fingerprint density at radius 2 is 2.16 bits per heavy atom. The average molecular weight is 262 g/mol. The summed E-state index contributed by atoms with van der Waals surface area (Å²) in [5.41, 5.74) is 7.71. The second-order valence-electron chi connectivity index (χ2n) is 4.91. The summed E-state index contributed by atoms with van der Waals surface area (Å²) >= 11 is 0. The van der Waals surface area contributed by atoms with Crippen molar-refractivity contribution in [3.05, 3.63) is 35.4 Å². The van der Waals surface area contributed by atoms with Crippen LogP contribution in [-0.4, -0.2) is 43.2 Å². The fraction of sp³-hybridized carbons (Fsp3) is 0.533. The van der Waals surface area contributed by atoms with Crippen LogP contribution in [0, 0.1) is 0 Å². The summed E-state index contributed by atoms with van der Waals surface area (Å²) in [5, 5.41) is 0. The topological polar surface area (TPSA) is 55.6 Å². The van der Waals surface area contributed by atoms with E-state index in [9.17, 15) is 4.79 Å². The number of nitrogens with zero attached hydrogens (tertiary/aromatic N) is 1. The van der Waals surface area contributed by atoms with Crippen molar-refractivity contribution >= 4 is 5.91 Å². The highest BCUT2D eigenvalue weighted by atomic mass is 16.5. The maximum absolute atomic E-state index is 12.5. The molecule has 19 heavy (non-hydrogen) atoms. The molecular weight excluding hydrogens is 240 g/mol. The highest BCUT2D eigenvalue weighted by Gasteiger charge is 2.26. The Morgan fingerprint density at radius 1 is 1.42 bits per heavy atom. The number of hydrogen-bond acceptors (Lipinski definition) is 3. The number of amides is 1. The number of benzene rings is 1. The van der Waals surface area contributed by atoms with Gasteiger partial charge in [0.1, 0.15) is 0 Å². The molecule has 0 radical (unpaired) electrons. The number of rotatable bonds is 4.